The number of carbonyl (C=O) groups excluding carboxylic acids is 1. The van der Waals surface area contributed by atoms with E-state index in [9.17, 15) is 14.0 Å². The van der Waals surface area contributed by atoms with Crippen LogP contribution >= 0.6 is 11.8 Å². The molecule has 0 radical (unpaired) electrons. The quantitative estimate of drug-likeness (QED) is 0.393. The van der Waals surface area contributed by atoms with Crippen LogP contribution in [0.15, 0.2) is 58.5 Å². The summed E-state index contributed by atoms with van der Waals surface area (Å²) in [5.74, 6) is -0.543. The highest BCUT2D eigenvalue weighted by atomic mass is 32.2. The second-order valence-corrected chi connectivity index (χ2v) is 9.41. The minimum absolute atomic E-state index is 0.0359. The van der Waals surface area contributed by atoms with Crippen LogP contribution in [0.1, 0.15) is 51.9 Å². The Balaban J connectivity index is 1.74. The number of aromatic nitrogens is 2. The van der Waals surface area contributed by atoms with Gasteiger partial charge in [0.05, 0.1) is 21.8 Å². The molecule has 7 heteroatoms. The van der Waals surface area contributed by atoms with Crippen molar-refractivity contribution in [2.24, 2.45) is 0 Å². The first-order valence-electron chi connectivity index (χ1n) is 11.3. The molecule has 1 amide bonds. The van der Waals surface area contributed by atoms with Gasteiger partial charge in [0.15, 0.2) is 5.16 Å². The Morgan fingerprint density at radius 1 is 1.16 bits per heavy atom. The molecule has 1 aromatic heterocycles. The molecular formula is C25H28FN3O2S. The molecule has 168 valence electrons. The van der Waals surface area contributed by atoms with Crippen molar-refractivity contribution in [2.75, 3.05) is 0 Å². The highest BCUT2D eigenvalue weighted by molar-refractivity contribution is 8.00. The maximum atomic E-state index is 14.7. The lowest BCUT2D eigenvalue weighted by Gasteiger charge is -2.25. The third kappa shape index (κ3) is 4.88. The maximum Gasteiger partial charge on any atom is 0.266 e. The molecule has 3 aromatic rings. The molecule has 0 bridgehead atoms. The Labute approximate surface area is 191 Å². The van der Waals surface area contributed by atoms with Gasteiger partial charge in [0.2, 0.25) is 5.91 Å². The number of carbonyl (C=O) groups is 1. The number of hydrogen-bond donors (Lipinski definition) is 1. The lowest BCUT2D eigenvalue weighted by atomic mass is 9.95. The number of thioether (sulfide) groups is 1. The summed E-state index contributed by atoms with van der Waals surface area (Å²) in [6.07, 6.45) is 6.95. The fourth-order valence-corrected chi connectivity index (χ4v) is 5.43. The fourth-order valence-electron chi connectivity index (χ4n) is 4.21. The molecule has 0 aliphatic heterocycles. The van der Waals surface area contributed by atoms with Crippen LogP contribution in [0.3, 0.4) is 0 Å². The fraction of sp³-hybridized carbons (Fsp3) is 0.400. The van der Waals surface area contributed by atoms with Crippen LogP contribution in [0.5, 0.6) is 0 Å². The molecule has 1 heterocycles. The van der Waals surface area contributed by atoms with E-state index in [-0.39, 0.29) is 23.2 Å². The molecule has 1 atom stereocenters. The zero-order valence-corrected chi connectivity index (χ0v) is 19.0. The Hall–Kier alpha value is -2.67. The zero-order chi connectivity index (χ0) is 22.5. The van der Waals surface area contributed by atoms with Crippen molar-refractivity contribution in [3.63, 3.8) is 0 Å². The first-order valence-corrected chi connectivity index (χ1v) is 12.2. The Bertz CT molecular complexity index is 1160. The maximum absolute atomic E-state index is 14.7. The average molecular weight is 454 g/mol. The van der Waals surface area contributed by atoms with Gasteiger partial charge in [-0.25, -0.2) is 9.37 Å². The van der Waals surface area contributed by atoms with Gasteiger partial charge in [-0.05, 0) is 43.5 Å². The van der Waals surface area contributed by atoms with Crippen LogP contribution in [-0.2, 0) is 4.79 Å². The average Bonchev–Trinajstić information content (AvgIpc) is 2.80. The van der Waals surface area contributed by atoms with Crippen LogP contribution in [0.2, 0.25) is 0 Å². The smallest absolute Gasteiger partial charge is 0.266 e. The van der Waals surface area contributed by atoms with E-state index in [1.54, 1.807) is 36.4 Å². The van der Waals surface area contributed by atoms with Crippen molar-refractivity contribution in [1.82, 2.24) is 14.9 Å². The summed E-state index contributed by atoms with van der Waals surface area (Å²) in [4.78, 5) is 31.2. The van der Waals surface area contributed by atoms with Gasteiger partial charge in [0.1, 0.15) is 5.82 Å². The zero-order valence-electron chi connectivity index (χ0n) is 18.2. The second-order valence-electron chi connectivity index (χ2n) is 8.24. The lowest BCUT2D eigenvalue weighted by molar-refractivity contribution is -0.121. The molecule has 2 aromatic carbocycles. The summed E-state index contributed by atoms with van der Waals surface area (Å²) in [5.41, 5.74) is 0.336. The molecule has 1 saturated carbocycles. The van der Waals surface area contributed by atoms with Gasteiger partial charge in [-0.1, -0.05) is 68.6 Å². The number of benzene rings is 2. The molecule has 0 spiro atoms. The van der Waals surface area contributed by atoms with Gasteiger partial charge in [-0.15, -0.1) is 0 Å². The van der Waals surface area contributed by atoms with E-state index in [0.29, 0.717) is 22.5 Å². The summed E-state index contributed by atoms with van der Waals surface area (Å²) in [6, 6.07) is 13.4. The summed E-state index contributed by atoms with van der Waals surface area (Å²) in [7, 11) is 0. The Morgan fingerprint density at radius 2 is 1.88 bits per heavy atom. The topological polar surface area (TPSA) is 64.0 Å². The van der Waals surface area contributed by atoms with Crippen LogP contribution in [0, 0.1) is 5.82 Å². The summed E-state index contributed by atoms with van der Waals surface area (Å²) >= 11 is 1.24. The van der Waals surface area contributed by atoms with E-state index in [1.807, 2.05) is 13.0 Å². The second kappa shape index (κ2) is 10.3. The van der Waals surface area contributed by atoms with Crippen LogP contribution < -0.4 is 10.9 Å². The standard InChI is InChI=1S/C25H28FN3O2S/c1-2-10-22(23(30)27-17-11-4-3-5-12-17)32-25-28-20-15-8-6-13-18(20)24(31)29(25)21-16-9-7-14-19(21)26/h6-9,13-17,22H,2-5,10-12H2,1H3,(H,27,30). The predicted molar refractivity (Wildman–Crippen MR) is 127 cm³/mol. The summed E-state index contributed by atoms with van der Waals surface area (Å²) in [5, 5.41) is 3.53. The van der Waals surface area contributed by atoms with E-state index in [1.165, 1.54) is 28.8 Å². The Morgan fingerprint density at radius 3 is 2.62 bits per heavy atom. The van der Waals surface area contributed by atoms with E-state index in [4.69, 9.17) is 0 Å². The van der Waals surface area contributed by atoms with Gasteiger partial charge >= 0.3 is 0 Å². The van der Waals surface area contributed by atoms with E-state index in [2.05, 4.69) is 10.3 Å². The number of nitrogens with zero attached hydrogens (tertiary/aromatic N) is 2. The van der Waals surface area contributed by atoms with Crippen molar-refractivity contribution >= 4 is 28.6 Å². The van der Waals surface area contributed by atoms with Crippen LogP contribution in [0.25, 0.3) is 16.6 Å². The summed E-state index contributed by atoms with van der Waals surface area (Å²) in [6.45, 7) is 2.03. The van der Waals surface area contributed by atoms with Gasteiger partial charge in [-0.2, -0.15) is 0 Å². The SMILES string of the molecule is CCCC(Sc1nc2ccccc2c(=O)n1-c1ccccc1F)C(=O)NC1CCCCC1. The van der Waals surface area contributed by atoms with Crippen LogP contribution in [0.4, 0.5) is 4.39 Å². The molecule has 1 fully saturated rings. The van der Waals surface area contributed by atoms with Gasteiger partial charge in [0, 0.05) is 6.04 Å². The largest absolute Gasteiger partial charge is 0.352 e. The number of para-hydroxylation sites is 2. The molecule has 1 aliphatic rings. The number of fused-ring (bicyclic) bond motifs is 1. The van der Waals surface area contributed by atoms with E-state index in [0.717, 1.165) is 32.1 Å². The monoisotopic (exact) mass is 453 g/mol. The van der Waals surface area contributed by atoms with Gasteiger partial charge < -0.3 is 5.32 Å². The third-order valence-electron chi connectivity index (χ3n) is 5.88. The molecule has 5 nitrogen and oxygen atoms in total. The molecule has 32 heavy (non-hydrogen) atoms. The van der Waals surface area contributed by atoms with Crippen molar-refractivity contribution in [3.8, 4) is 5.69 Å². The predicted octanol–water partition coefficient (Wildman–Crippen LogP) is 5.23. The highest BCUT2D eigenvalue weighted by Gasteiger charge is 2.26. The highest BCUT2D eigenvalue weighted by Crippen LogP contribution is 2.29. The van der Waals surface area contributed by atoms with Gasteiger partial charge in [-0.3, -0.25) is 14.2 Å². The summed E-state index contributed by atoms with van der Waals surface area (Å²) < 4.78 is 16.0. The molecular weight excluding hydrogens is 425 g/mol. The number of rotatable bonds is 7. The van der Waals surface area contributed by atoms with E-state index < -0.39 is 11.1 Å². The van der Waals surface area contributed by atoms with Crippen molar-refractivity contribution in [2.45, 2.75) is 68.3 Å². The first-order chi connectivity index (χ1) is 15.6. The number of hydrogen-bond acceptors (Lipinski definition) is 4. The molecule has 1 N–H and O–H groups in total. The third-order valence-corrected chi connectivity index (χ3v) is 7.10. The Kier molecular flexibility index (Phi) is 7.25. The molecule has 1 unspecified atom stereocenters. The molecule has 1 aliphatic carbocycles. The number of nitrogens with one attached hydrogen (secondary N) is 1. The van der Waals surface area contributed by atoms with Crippen molar-refractivity contribution in [3.05, 3.63) is 64.7 Å². The van der Waals surface area contributed by atoms with Gasteiger partial charge in [0.25, 0.3) is 5.56 Å². The number of amides is 1. The molecule has 0 saturated heterocycles. The minimum Gasteiger partial charge on any atom is -0.352 e. The number of halogens is 1. The lowest BCUT2D eigenvalue weighted by Crippen LogP contribution is -2.41. The molecule has 4 rings (SSSR count). The minimum atomic E-state index is -0.507. The normalized spacial score (nSPS) is 15.6. The van der Waals surface area contributed by atoms with Crippen LogP contribution in [-0.4, -0.2) is 26.8 Å². The van der Waals surface area contributed by atoms with Crippen molar-refractivity contribution in [1.29, 1.82) is 0 Å². The first kappa shape index (κ1) is 22.5. The van der Waals surface area contributed by atoms with E-state index >= 15 is 0 Å². The van der Waals surface area contributed by atoms with Crippen molar-refractivity contribution < 1.29 is 9.18 Å².